The molecular formula is C24H21N3O7. The van der Waals surface area contributed by atoms with E-state index in [0.29, 0.717) is 24.3 Å². The van der Waals surface area contributed by atoms with Crippen molar-refractivity contribution in [3.63, 3.8) is 0 Å². The highest BCUT2D eigenvalue weighted by Gasteiger charge is 2.14. The van der Waals surface area contributed by atoms with E-state index in [1.807, 2.05) is 30.3 Å². The highest BCUT2D eigenvalue weighted by Crippen LogP contribution is 2.20. The first-order chi connectivity index (χ1) is 16.5. The van der Waals surface area contributed by atoms with E-state index in [9.17, 15) is 19.7 Å². The van der Waals surface area contributed by atoms with Gasteiger partial charge in [-0.15, -0.1) is 0 Å². The van der Waals surface area contributed by atoms with Crippen LogP contribution in [0.5, 0.6) is 5.75 Å². The molecule has 0 fully saturated rings. The fourth-order valence-electron chi connectivity index (χ4n) is 3.32. The average molecular weight is 463 g/mol. The number of carbonyl (C=O) groups excluding carboxylic acids is 1. The minimum atomic E-state index is -0.630. The van der Waals surface area contributed by atoms with Crippen LogP contribution in [0.15, 0.2) is 76.1 Å². The number of aryl methyl sites for hydroxylation is 1. The van der Waals surface area contributed by atoms with Crippen LogP contribution in [0.4, 0.5) is 5.69 Å². The zero-order chi connectivity index (χ0) is 23.9. The molecule has 0 N–H and O–H groups in total. The second kappa shape index (κ2) is 10.4. The Labute approximate surface area is 193 Å². The molecule has 10 nitrogen and oxygen atoms in total. The third-order valence-electron chi connectivity index (χ3n) is 5.06. The lowest BCUT2D eigenvalue weighted by molar-refractivity contribution is -0.384. The van der Waals surface area contributed by atoms with Gasteiger partial charge in [-0.2, -0.15) is 0 Å². The lowest BCUT2D eigenvalue weighted by Crippen LogP contribution is -2.15. The van der Waals surface area contributed by atoms with Gasteiger partial charge in [-0.3, -0.25) is 24.5 Å². The number of hydrogen-bond donors (Lipinski definition) is 0. The van der Waals surface area contributed by atoms with Crippen LogP contribution in [0.2, 0.25) is 0 Å². The third-order valence-corrected chi connectivity index (χ3v) is 5.06. The van der Waals surface area contributed by atoms with Crippen molar-refractivity contribution < 1.29 is 23.6 Å². The number of oxazole rings is 1. The first kappa shape index (κ1) is 22.7. The average Bonchev–Trinajstić information content (AvgIpc) is 3.17. The molecule has 2 heterocycles. The van der Waals surface area contributed by atoms with E-state index in [0.717, 1.165) is 11.3 Å². The molecule has 0 saturated carbocycles. The maximum atomic E-state index is 12.1. The maximum absolute atomic E-state index is 12.1. The fraction of sp³-hybridized carbons (Fsp3) is 0.208. The van der Waals surface area contributed by atoms with Crippen molar-refractivity contribution >= 4 is 22.8 Å². The highest BCUT2D eigenvalue weighted by molar-refractivity contribution is 5.75. The summed E-state index contributed by atoms with van der Waals surface area (Å²) in [4.78, 5) is 38.7. The number of fused-ring (bicyclic) bond motifs is 1. The van der Waals surface area contributed by atoms with Gasteiger partial charge in [0.2, 0.25) is 0 Å². The summed E-state index contributed by atoms with van der Waals surface area (Å²) >= 11 is 0. The lowest BCUT2D eigenvalue weighted by Gasteiger charge is -2.08. The monoisotopic (exact) mass is 463 g/mol. The summed E-state index contributed by atoms with van der Waals surface area (Å²) in [5.41, 5.74) is 2.05. The van der Waals surface area contributed by atoms with Gasteiger partial charge in [0.25, 0.3) is 5.69 Å². The molecule has 0 aliphatic heterocycles. The Morgan fingerprint density at radius 1 is 1.09 bits per heavy atom. The van der Waals surface area contributed by atoms with Crippen LogP contribution in [0.3, 0.4) is 0 Å². The molecule has 0 spiro atoms. The van der Waals surface area contributed by atoms with Gasteiger partial charge in [0, 0.05) is 25.2 Å². The first-order valence-corrected chi connectivity index (χ1v) is 10.5. The van der Waals surface area contributed by atoms with Crippen molar-refractivity contribution in [1.29, 1.82) is 0 Å². The van der Waals surface area contributed by atoms with Crippen molar-refractivity contribution in [1.82, 2.24) is 9.55 Å². The number of pyridine rings is 1. The minimum Gasteiger partial charge on any atom is -0.487 e. The summed E-state index contributed by atoms with van der Waals surface area (Å²) in [5.74, 6) is -0.343. The number of nitro groups is 1. The third kappa shape index (κ3) is 5.66. The Kier molecular flexibility index (Phi) is 6.97. The zero-order valence-corrected chi connectivity index (χ0v) is 18.1. The standard InChI is InChI=1S/C24H21N3O7/c28-23(5-3-13-26-21-11-8-19(27(30)31)14-22(21)34-24(26)29)33-15-17-6-9-20(10-7-17)32-16-18-4-1-2-12-25-18/h1-2,4,6-12,14H,3,5,13,15-16H2. The van der Waals surface area contributed by atoms with Crippen LogP contribution in [0.1, 0.15) is 24.1 Å². The fourth-order valence-corrected chi connectivity index (χ4v) is 3.32. The molecule has 10 heteroatoms. The maximum Gasteiger partial charge on any atom is 0.419 e. The Hall–Kier alpha value is -4.47. The van der Waals surface area contributed by atoms with Crippen LogP contribution in [0.25, 0.3) is 11.1 Å². The van der Waals surface area contributed by atoms with Gasteiger partial charge in [0.05, 0.1) is 22.2 Å². The van der Waals surface area contributed by atoms with Crippen LogP contribution in [-0.2, 0) is 29.3 Å². The summed E-state index contributed by atoms with van der Waals surface area (Å²) in [7, 11) is 0. The molecule has 4 aromatic rings. The molecule has 0 aliphatic carbocycles. The number of rotatable bonds is 10. The number of ether oxygens (including phenoxy) is 2. The molecule has 0 atom stereocenters. The van der Waals surface area contributed by atoms with Crippen molar-refractivity contribution in [3.05, 3.63) is 98.8 Å². The second-order valence-corrected chi connectivity index (χ2v) is 7.45. The molecule has 2 aromatic carbocycles. The molecular weight excluding hydrogens is 442 g/mol. The van der Waals surface area contributed by atoms with Crippen molar-refractivity contribution in [2.75, 3.05) is 0 Å². The Balaban J connectivity index is 1.23. The molecule has 0 unspecified atom stereocenters. The molecule has 0 aliphatic rings. The van der Waals surface area contributed by atoms with Crippen LogP contribution < -0.4 is 10.5 Å². The van der Waals surface area contributed by atoms with Crippen LogP contribution >= 0.6 is 0 Å². The Bertz CT molecular complexity index is 1340. The number of nitrogens with zero attached hydrogens (tertiary/aromatic N) is 3. The van der Waals surface area contributed by atoms with Gasteiger partial charge in [-0.1, -0.05) is 18.2 Å². The van der Waals surface area contributed by atoms with E-state index in [-0.39, 0.29) is 30.8 Å². The number of esters is 1. The number of hydrogen-bond acceptors (Lipinski definition) is 8. The summed E-state index contributed by atoms with van der Waals surface area (Å²) in [5, 5.41) is 10.9. The predicted molar refractivity (Wildman–Crippen MR) is 121 cm³/mol. The predicted octanol–water partition coefficient (Wildman–Crippen LogP) is 4.00. The summed E-state index contributed by atoms with van der Waals surface area (Å²) in [6.45, 7) is 0.708. The Morgan fingerprint density at radius 2 is 1.91 bits per heavy atom. The van der Waals surface area contributed by atoms with E-state index < -0.39 is 16.6 Å². The molecule has 0 saturated heterocycles. The quantitative estimate of drug-likeness (QED) is 0.196. The smallest absolute Gasteiger partial charge is 0.419 e. The van der Waals surface area contributed by atoms with Crippen molar-refractivity contribution in [3.8, 4) is 5.75 Å². The molecule has 34 heavy (non-hydrogen) atoms. The molecule has 0 amide bonds. The van der Waals surface area contributed by atoms with Crippen LogP contribution in [0, 0.1) is 10.1 Å². The largest absolute Gasteiger partial charge is 0.487 e. The van der Waals surface area contributed by atoms with Gasteiger partial charge in [-0.05, 0) is 42.3 Å². The van der Waals surface area contributed by atoms with Gasteiger partial charge < -0.3 is 13.9 Å². The summed E-state index contributed by atoms with van der Waals surface area (Å²) in [6.07, 6.45) is 2.17. The van der Waals surface area contributed by atoms with E-state index in [4.69, 9.17) is 13.9 Å². The van der Waals surface area contributed by atoms with Gasteiger partial charge in [0.1, 0.15) is 19.0 Å². The first-order valence-electron chi connectivity index (χ1n) is 10.5. The van der Waals surface area contributed by atoms with E-state index in [1.54, 1.807) is 18.3 Å². The summed E-state index contributed by atoms with van der Waals surface area (Å²) in [6, 6.07) is 16.8. The van der Waals surface area contributed by atoms with Gasteiger partial charge >= 0.3 is 11.7 Å². The Morgan fingerprint density at radius 3 is 2.65 bits per heavy atom. The molecule has 174 valence electrons. The number of non-ortho nitro benzene ring substituents is 1. The normalized spacial score (nSPS) is 10.8. The van der Waals surface area contributed by atoms with Crippen molar-refractivity contribution in [2.24, 2.45) is 0 Å². The highest BCUT2D eigenvalue weighted by atomic mass is 16.6. The summed E-state index contributed by atoms with van der Waals surface area (Å²) < 4.78 is 17.4. The van der Waals surface area contributed by atoms with E-state index >= 15 is 0 Å². The second-order valence-electron chi connectivity index (χ2n) is 7.45. The number of aromatic nitrogens is 2. The zero-order valence-electron chi connectivity index (χ0n) is 18.1. The topological polar surface area (TPSA) is 127 Å². The lowest BCUT2D eigenvalue weighted by atomic mass is 10.2. The van der Waals surface area contributed by atoms with Crippen molar-refractivity contribution in [2.45, 2.75) is 32.6 Å². The molecule has 0 radical (unpaired) electrons. The number of benzene rings is 2. The number of nitro benzene ring substituents is 1. The van der Waals surface area contributed by atoms with Crippen LogP contribution in [-0.4, -0.2) is 20.4 Å². The number of carbonyl (C=O) groups is 1. The van der Waals surface area contributed by atoms with E-state index in [1.165, 1.54) is 22.8 Å². The molecule has 0 bridgehead atoms. The van der Waals surface area contributed by atoms with Gasteiger partial charge in [0.15, 0.2) is 5.58 Å². The van der Waals surface area contributed by atoms with E-state index in [2.05, 4.69) is 4.98 Å². The van der Waals surface area contributed by atoms with Gasteiger partial charge in [-0.25, -0.2) is 4.79 Å². The molecule has 2 aromatic heterocycles. The molecule has 4 rings (SSSR count). The SMILES string of the molecule is O=C(CCCn1c(=O)oc2cc([N+](=O)[O-])ccc21)OCc1ccc(OCc2ccccn2)cc1. The minimum absolute atomic E-state index is 0.108.